The van der Waals surface area contributed by atoms with Crippen molar-refractivity contribution >= 4 is 0 Å². The van der Waals surface area contributed by atoms with E-state index in [0.717, 1.165) is 6.54 Å². The van der Waals surface area contributed by atoms with Gasteiger partial charge in [0.1, 0.15) is 0 Å². The third-order valence-corrected chi connectivity index (χ3v) is 1.26. The van der Waals surface area contributed by atoms with Crippen LogP contribution in [0.5, 0.6) is 0 Å². The number of rotatable bonds is 1. The first-order chi connectivity index (χ1) is 4.70. The van der Waals surface area contributed by atoms with Crippen LogP contribution in [-0.2, 0) is 0 Å². The van der Waals surface area contributed by atoms with E-state index in [-0.39, 0.29) is 0 Å². The van der Waals surface area contributed by atoms with Gasteiger partial charge in [-0.3, -0.25) is 0 Å². The van der Waals surface area contributed by atoms with E-state index in [0.29, 0.717) is 0 Å². The first-order valence-corrected chi connectivity index (χ1v) is 3.12. The minimum Gasteiger partial charge on any atom is -0.237 e. The molecule has 0 amide bonds. The summed E-state index contributed by atoms with van der Waals surface area (Å²) in [5.74, 6) is 5.43. The van der Waals surface area contributed by atoms with Gasteiger partial charge in [-0.15, -0.1) is 5.53 Å². The molecule has 3 N–H and O–H groups in total. The predicted molar refractivity (Wildman–Crippen MR) is 38.7 cm³/mol. The van der Waals surface area contributed by atoms with Crippen LogP contribution in [0.2, 0.25) is 0 Å². The average molecular weight is 143 g/mol. The van der Waals surface area contributed by atoms with E-state index in [1.807, 2.05) is 30.3 Å². The van der Waals surface area contributed by atoms with Crippen molar-refractivity contribution in [3.05, 3.63) is 12.3 Å². The second kappa shape index (κ2) is 2.98. The highest BCUT2D eigenvalue weighted by atomic mass is 15.9. The molecule has 1 heterocycles. The molecule has 10 heavy (non-hydrogen) atoms. The quantitative estimate of drug-likeness (QED) is 0.456. The van der Waals surface area contributed by atoms with Gasteiger partial charge >= 0.3 is 0 Å². The molecule has 0 aliphatic carbocycles. The van der Waals surface area contributed by atoms with E-state index in [1.165, 1.54) is 5.12 Å². The Kier molecular flexibility index (Phi) is 2.23. The van der Waals surface area contributed by atoms with Crippen molar-refractivity contribution in [1.82, 2.24) is 20.8 Å². The fraction of sp³-hybridized carbons (Fsp3) is 0.600. The van der Waals surface area contributed by atoms with E-state index in [1.54, 1.807) is 6.20 Å². The molecule has 0 atom stereocenters. The van der Waals surface area contributed by atoms with Gasteiger partial charge in [-0.25, -0.2) is 16.0 Å². The zero-order chi connectivity index (χ0) is 7.56. The fourth-order valence-electron chi connectivity index (χ4n) is 0.721. The lowest BCUT2D eigenvalue weighted by atomic mass is 10.6. The molecule has 0 aromatic rings. The van der Waals surface area contributed by atoms with Gasteiger partial charge in [0.15, 0.2) is 0 Å². The summed E-state index contributed by atoms with van der Waals surface area (Å²) >= 11 is 0. The maximum Gasteiger partial charge on any atom is 0.0507 e. The molecule has 1 aliphatic rings. The lowest BCUT2D eigenvalue weighted by Crippen LogP contribution is -2.57. The zero-order valence-electron chi connectivity index (χ0n) is 6.28. The van der Waals surface area contributed by atoms with Gasteiger partial charge in [-0.1, -0.05) is 0 Å². The summed E-state index contributed by atoms with van der Waals surface area (Å²) < 4.78 is 0. The summed E-state index contributed by atoms with van der Waals surface area (Å²) in [7, 11) is 3.89. The van der Waals surface area contributed by atoms with Crippen LogP contribution in [0.25, 0.3) is 0 Å². The Morgan fingerprint density at radius 3 is 2.70 bits per heavy atom. The first-order valence-electron chi connectivity index (χ1n) is 3.12. The van der Waals surface area contributed by atoms with Gasteiger partial charge in [0, 0.05) is 20.3 Å². The normalized spacial score (nSPS) is 20.6. The van der Waals surface area contributed by atoms with E-state index in [2.05, 4.69) is 5.53 Å². The average Bonchev–Trinajstić information content (AvgIpc) is 1.88. The standard InChI is InChI=1S/C5H13N5/c1-8(2)10-5-3-4-9(6)7-10/h3-4,7H,5-6H2,1-2H3. The third-order valence-electron chi connectivity index (χ3n) is 1.26. The molecule has 0 saturated heterocycles. The monoisotopic (exact) mass is 143 g/mol. The Morgan fingerprint density at radius 2 is 2.30 bits per heavy atom. The summed E-state index contributed by atoms with van der Waals surface area (Å²) in [6, 6.07) is 0. The van der Waals surface area contributed by atoms with Crippen molar-refractivity contribution < 1.29 is 0 Å². The molecule has 5 nitrogen and oxygen atoms in total. The van der Waals surface area contributed by atoms with Gasteiger partial charge in [0.2, 0.25) is 0 Å². The van der Waals surface area contributed by atoms with Crippen molar-refractivity contribution in [3.8, 4) is 0 Å². The Balaban J connectivity index is 2.44. The van der Waals surface area contributed by atoms with E-state index < -0.39 is 0 Å². The summed E-state index contributed by atoms with van der Waals surface area (Å²) in [6.45, 7) is 0.834. The number of hydrogen-bond acceptors (Lipinski definition) is 5. The maximum atomic E-state index is 5.43. The lowest BCUT2D eigenvalue weighted by molar-refractivity contribution is -0.0886. The van der Waals surface area contributed by atoms with Crippen molar-refractivity contribution in [2.45, 2.75) is 0 Å². The van der Waals surface area contributed by atoms with Gasteiger partial charge in [-0.2, -0.15) is 5.12 Å². The smallest absolute Gasteiger partial charge is 0.0507 e. The van der Waals surface area contributed by atoms with Crippen LogP contribution in [0.15, 0.2) is 12.3 Å². The highest BCUT2D eigenvalue weighted by Gasteiger charge is 2.09. The van der Waals surface area contributed by atoms with Crippen LogP contribution >= 0.6 is 0 Å². The SMILES string of the molecule is CN(C)N1CC=CN(N)N1. The molecule has 0 spiro atoms. The summed E-state index contributed by atoms with van der Waals surface area (Å²) in [5.41, 5.74) is 2.90. The second-order valence-corrected chi connectivity index (χ2v) is 2.32. The number of hydrazine groups is 4. The maximum absolute atomic E-state index is 5.43. The van der Waals surface area contributed by atoms with Crippen molar-refractivity contribution in [3.63, 3.8) is 0 Å². The van der Waals surface area contributed by atoms with Crippen LogP contribution in [0.4, 0.5) is 0 Å². The van der Waals surface area contributed by atoms with E-state index in [4.69, 9.17) is 5.84 Å². The van der Waals surface area contributed by atoms with Crippen molar-refractivity contribution in [2.24, 2.45) is 5.84 Å². The van der Waals surface area contributed by atoms with Gasteiger partial charge in [0.25, 0.3) is 0 Å². The molecule has 1 rings (SSSR count). The van der Waals surface area contributed by atoms with Crippen LogP contribution in [0, 0.1) is 0 Å². The number of nitrogens with zero attached hydrogens (tertiary/aromatic N) is 3. The van der Waals surface area contributed by atoms with Crippen LogP contribution in [-0.4, -0.2) is 35.9 Å². The van der Waals surface area contributed by atoms with Gasteiger partial charge < -0.3 is 0 Å². The van der Waals surface area contributed by atoms with E-state index >= 15 is 0 Å². The molecule has 0 bridgehead atoms. The summed E-state index contributed by atoms with van der Waals surface area (Å²) in [4.78, 5) is 0. The predicted octanol–water partition coefficient (Wildman–Crippen LogP) is -1.11. The summed E-state index contributed by atoms with van der Waals surface area (Å²) in [6.07, 6.45) is 3.75. The van der Waals surface area contributed by atoms with E-state index in [9.17, 15) is 0 Å². The second-order valence-electron chi connectivity index (χ2n) is 2.32. The fourth-order valence-corrected chi connectivity index (χ4v) is 0.721. The Morgan fingerprint density at radius 1 is 1.60 bits per heavy atom. The highest BCUT2D eigenvalue weighted by Crippen LogP contribution is 1.93. The van der Waals surface area contributed by atoms with Crippen molar-refractivity contribution in [2.75, 3.05) is 20.6 Å². The summed E-state index contributed by atoms with van der Waals surface area (Å²) in [5, 5.41) is 5.20. The minimum absolute atomic E-state index is 0.834. The molecule has 0 unspecified atom stereocenters. The molecule has 5 heteroatoms. The number of nitrogens with one attached hydrogen (secondary N) is 1. The molecule has 0 radical (unpaired) electrons. The molecule has 1 aliphatic heterocycles. The third kappa shape index (κ3) is 1.68. The molecule has 0 aromatic carbocycles. The lowest BCUT2D eigenvalue weighted by Gasteiger charge is -2.34. The first kappa shape index (κ1) is 7.49. The number of nitrogens with two attached hydrogens (primary N) is 1. The molecule has 58 valence electrons. The Hall–Kier alpha value is -0.620. The largest absolute Gasteiger partial charge is 0.237 e. The molecule has 0 aromatic heterocycles. The van der Waals surface area contributed by atoms with Crippen molar-refractivity contribution in [1.29, 1.82) is 0 Å². The minimum atomic E-state index is 0.834. The van der Waals surface area contributed by atoms with Gasteiger partial charge in [0.05, 0.1) is 6.54 Å². The van der Waals surface area contributed by atoms with Crippen LogP contribution < -0.4 is 11.4 Å². The van der Waals surface area contributed by atoms with Crippen LogP contribution in [0.3, 0.4) is 0 Å². The Labute approximate surface area is 60.6 Å². The van der Waals surface area contributed by atoms with Crippen LogP contribution in [0.1, 0.15) is 0 Å². The zero-order valence-corrected chi connectivity index (χ0v) is 6.28. The molecular weight excluding hydrogens is 130 g/mol. The topological polar surface area (TPSA) is 47.8 Å². The molecular formula is C5H13N5. The Bertz CT molecular complexity index is 132. The molecule has 0 saturated carbocycles. The molecule has 0 fully saturated rings. The highest BCUT2D eigenvalue weighted by molar-refractivity contribution is 4.83. The number of hydrogen-bond donors (Lipinski definition) is 2. The van der Waals surface area contributed by atoms with Gasteiger partial charge in [-0.05, 0) is 6.08 Å².